The minimum atomic E-state index is -3.49. The zero-order valence-electron chi connectivity index (χ0n) is 26.2. The zero-order chi connectivity index (χ0) is 32.4. The van der Waals surface area contributed by atoms with Crippen LogP contribution in [0.1, 0.15) is 40.5 Å². The van der Waals surface area contributed by atoms with Gasteiger partial charge in [0.2, 0.25) is 5.91 Å². The van der Waals surface area contributed by atoms with Crippen molar-refractivity contribution in [2.75, 3.05) is 97.7 Å². The molecule has 0 aliphatic heterocycles. The number of alkyl carbamates (subject to hydrolysis) is 1. The van der Waals surface area contributed by atoms with Crippen molar-refractivity contribution in [1.82, 2.24) is 10.6 Å². The number of nitrogens with zero attached hydrogens (tertiary/aromatic N) is 3. The van der Waals surface area contributed by atoms with E-state index in [1.165, 1.54) is 0 Å². The van der Waals surface area contributed by atoms with Gasteiger partial charge in [0.15, 0.2) is 16.1 Å². The summed E-state index contributed by atoms with van der Waals surface area (Å²) >= 11 is 0. The van der Waals surface area contributed by atoms with E-state index < -0.39 is 39.5 Å². The molecular formula is C26H51N5O11S. The molecule has 0 bridgehead atoms. The van der Waals surface area contributed by atoms with Gasteiger partial charge >= 0.3 is 6.09 Å². The van der Waals surface area contributed by atoms with Crippen LogP contribution in [-0.4, -0.2) is 131 Å². The van der Waals surface area contributed by atoms with Crippen molar-refractivity contribution < 1.29 is 51.2 Å². The lowest BCUT2D eigenvalue weighted by Gasteiger charge is -2.33. The average molecular weight is 642 g/mol. The number of nitrogens with one attached hydrogen (secondary N) is 2. The summed E-state index contributed by atoms with van der Waals surface area (Å²) in [5, 5.41) is 8.71. The Balaban J connectivity index is 4.28. The summed E-state index contributed by atoms with van der Waals surface area (Å²) in [5.74, 6) is -0.686. The molecule has 0 aromatic carbocycles. The first-order chi connectivity index (χ1) is 20.4. The maximum Gasteiger partial charge on any atom is 0.407 e. The molecule has 17 heteroatoms. The fourth-order valence-electron chi connectivity index (χ4n) is 3.35. The van der Waals surface area contributed by atoms with Gasteiger partial charge in [-0.15, -0.1) is 0 Å². The number of ether oxygens (including phenoxy) is 7. The lowest BCUT2D eigenvalue weighted by atomic mass is 9.87. The van der Waals surface area contributed by atoms with Gasteiger partial charge in [0, 0.05) is 62.3 Å². The van der Waals surface area contributed by atoms with E-state index in [4.69, 9.17) is 38.7 Å². The van der Waals surface area contributed by atoms with Crippen LogP contribution in [0.25, 0.3) is 10.4 Å². The smallest absolute Gasteiger partial charge is 0.407 e. The van der Waals surface area contributed by atoms with Crippen LogP contribution in [0.15, 0.2) is 5.11 Å². The highest BCUT2D eigenvalue weighted by molar-refractivity contribution is 7.90. The van der Waals surface area contributed by atoms with Crippen molar-refractivity contribution in [3.63, 3.8) is 0 Å². The lowest BCUT2D eigenvalue weighted by Crippen LogP contribution is -2.48. The summed E-state index contributed by atoms with van der Waals surface area (Å²) in [7, 11) is -3.49. The second-order valence-corrected chi connectivity index (χ2v) is 12.1. The van der Waals surface area contributed by atoms with Gasteiger partial charge in [-0.2, -0.15) is 0 Å². The summed E-state index contributed by atoms with van der Waals surface area (Å²) in [4.78, 5) is 27.4. The minimum absolute atomic E-state index is 0.0814. The van der Waals surface area contributed by atoms with Crippen LogP contribution < -0.4 is 10.6 Å². The molecule has 252 valence electrons. The van der Waals surface area contributed by atoms with Crippen molar-refractivity contribution in [2.45, 2.75) is 52.9 Å². The fraction of sp³-hybridized carbons (Fsp3) is 0.923. The predicted octanol–water partition coefficient (Wildman–Crippen LogP) is 1.82. The van der Waals surface area contributed by atoms with Gasteiger partial charge in [-0.25, -0.2) is 13.2 Å². The first kappa shape index (κ1) is 40.8. The number of rotatable bonds is 28. The summed E-state index contributed by atoms with van der Waals surface area (Å²) < 4.78 is 61.8. The second-order valence-electron chi connectivity index (χ2n) is 9.96. The van der Waals surface area contributed by atoms with Gasteiger partial charge in [-0.3, -0.25) is 4.79 Å². The van der Waals surface area contributed by atoms with Crippen molar-refractivity contribution in [3.05, 3.63) is 10.4 Å². The molecule has 0 saturated carbocycles. The van der Waals surface area contributed by atoms with Crippen molar-refractivity contribution >= 4 is 21.8 Å². The Labute approximate surface area is 255 Å². The molecule has 0 rings (SSSR count). The number of hydrogen-bond acceptors (Lipinski definition) is 12. The van der Waals surface area contributed by atoms with Gasteiger partial charge in [0.1, 0.15) is 6.10 Å². The Morgan fingerprint density at radius 1 is 0.884 bits per heavy atom. The monoisotopic (exact) mass is 641 g/mol. The lowest BCUT2D eigenvalue weighted by molar-refractivity contribution is -0.138. The highest BCUT2D eigenvalue weighted by Gasteiger charge is 2.36. The number of amides is 2. The van der Waals surface area contributed by atoms with E-state index in [0.717, 1.165) is 6.26 Å². The van der Waals surface area contributed by atoms with Crippen LogP contribution >= 0.6 is 0 Å². The molecule has 1 atom stereocenters. The van der Waals surface area contributed by atoms with Crippen LogP contribution in [0.3, 0.4) is 0 Å². The first-order valence-electron chi connectivity index (χ1n) is 14.4. The van der Waals surface area contributed by atoms with E-state index in [-0.39, 0.29) is 38.6 Å². The number of hydrogen-bond donors (Lipinski definition) is 2. The molecule has 0 heterocycles. The fourth-order valence-corrected chi connectivity index (χ4v) is 4.42. The van der Waals surface area contributed by atoms with E-state index in [2.05, 4.69) is 20.7 Å². The van der Waals surface area contributed by atoms with Gasteiger partial charge < -0.3 is 43.8 Å². The molecule has 1 unspecified atom stereocenters. The molecule has 0 aliphatic carbocycles. The second kappa shape index (κ2) is 25.1. The van der Waals surface area contributed by atoms with Crippen LogP contribution in [0.2, 0.25) is 0 Å². The molecule has 0 radical (unpaired) electrons. The molecule has 2 amide bonds. The van der Waals surface area contributed by atoms with Crippen molar-refractivity contribution in [3.8, 4) is 0 Å². The predicted molar refractivity (Wildman–Crippen MR) is 158 cm³/mol. The standard InChI is InChI=1S/C26H51N5O11S/c1-6-40-24(41-7-2)8-10-28-25(33)42-22(20-43(5,34)35)26(3,4)21-29-23(32)9-12-36-14-16-38-18-19-39-17-15-37-13-11-30-31-27/h22,24H,6-21H2,1-5H3,(H,28,33)(H,29,32). The normalized spacial score (nSPS) is 12.5. The Morgan fingerprint density at radius 2 is 1.42 bits per heavy atom. The minimum Gasteiger partial charge on any atom is -0.445 e. The summed E-state index contributed by atoms with van der Waals surface area (Å²) in [6.45, 7) is 11.4. The molecule has 0 aromatic heterocycles. The van der Waals surface area contributed by atoms with Gasteiger partial charge in [0.05, 0.1) is 58.6 Å². The molecule has 2 N–H and O–H groups in total. The molecule has 0 aromatic rings. The van der Waals surface area contributed by atoms with Crippen molar-refractivity contribution in [1.29, 1.82) is 0 Å². The van der Waals surface area contributed by atoms with Crippen LogP contribution in [0.5, 0.6) is 0 Å². The zero-order valence-corrected chi connectivity index (χ0v) is 27.0. The highest BCUT2D eigenvalue weighted by Crippen LogP contribution is 2.24. The van der Waals surface area contributed by atoms with Gasteiger partial charge in [-0.1, -0.05) is 19.0 Å². The molecular weight excluding hydrogens is 590 g/mol. The van der Waals surface area contributed by atoms with Crippen molar-refractivity contribution in [2.24, 2.45) is 10.5 Å². The van der Waals surface area contributed by atoms with Gasteiger partial charge in [0.25, 0.3) is 0 Å². The quantitative estimate of drug-likeness (QED) is 0.0414. The molecule has 0 saturated heterocycles. The first-order valence-corrected chi connectivity index (χ1v) is 16.4. The van der Waals surface area contributed by atoms with Crippen LogP contribution in [-0.2, 0) is 47.8 Å². The third-order valence-corrected chi connectivity index (χ3v) is 6.57. The Kier molecular flexibility index (Phi) is 23.8. The molecule has 43 heavy (non-hydrogen) atoms. The summed E-state index contributed by atoms with van der Waals surface area (Å²) in [6.07, 6.45) is -0.690. The maximum absolute atomic E-state index is 12.4. The molecule has 0 spiro atoms. The number of sulfone groups is 1. The molecule has 0 fully saturated rings. The maximum atomic E-state index is 12.4. The number of carbonyl (C=O) groups excluding carboxylic acids is 2. The van der Waals surface area contributed by atoms with E-state index in [1.807, 2.05) is 13.8 Å². The SMILES string of the molecule is CCOC(CCNC(=O)OC(CS(C)(=O)=O)C(C)(C)CNC(=O)CCOCCOCCOCCOCCN=[N+]=[N-])OCC. The van der Waals surface area contributed by atoms with E-state index in [0.29, 0.717) is 65.9 Å². The van der Waals surface area contributed by atoms with Crippen LogP contribution in [0, 0.1) is 5.41 Å². The number of azide groups is 1. The third kappa shape index (κ3) is 24.9. The molecule has 16 nitrogen and oxygen atoms in total. The Hall–Kier alpha value is -2.24. The summed E-state index contributed by atoms with van der Waals surface area (Å²) in [6, 6.07) is 0. The van der Waals surface area contributed by atoms with E-state index >= 15 is 0 Å². The molecule has 0 aliphatic rings. The Morgan fingerprint density at radius 3 is 1.93 bits per heavy atom. The largest absolute Gasteiger partial charge is 0.445 e. The van der Waals surface area contributed by atoms with Gasteiger partial charge in [-0.05, 0) is 19.4 Å². The topological polar surface area (TPSA) is 206 Å². The summed E-state index contributed by atoms with van der Waals surface area (Å²) in [5.41, 5.74) is 7.26. The Bertz CT molecular complexity index is 896. The van der Waals surface area contributed by atoms with Crippen LogP contribution in [0.4, 0.5) is 4.79 Å². The highest BCUT2D eigenvalue weighted by atomic mass is 32.2. The van der Waals surface area contributed by atoms with E-state index in [1.54, 1.807) is 13.8 Å². The third-order valence-electron chi connectivity index (χ3n) is 5.66. The number of carbonyl (C=O) groups is 2. The van der Waals surface area contributed by atoms with E-state index in [9.17, 15) is 18.0 Å². The average Bonchev–Trinajstić information content (AvgIpc) is 2.93.